The number of benzene rings is 3. The molecule has 0 saturated heterocycles. The van der Waals surface area contributed by atoms with Gasteiger partial charge in [0.2, 0.25) is 0 Å². The van der Waals surface area contributed by atoms with Crippen LogP contribution in [0.3, 0.4) is 0 Å². The van der Waals surface area contributed by atoms with Crippen molar-refractivity contribution < 1.29 is 19.0 Å². The minimum absolute atomic E-state index is 0.0543. The van der Waals surface area contributed by atoms with E-state index in [4.69, 9.17) is 43.8 Å². The molecule has 184 valence electrons. The van der Waals surface area contributed by atoms with Gasteiger partial charge < -0.3 is 19.5 Å². The van der Waals surface area contributed by atoms with Gasteiger partial charge in [-0.05, 0) is 41.5 Å². The highest BCUT2D eigenvalue weighted by Gasteiger charge is 2.23. The van der Waals surface area contributed by atoms with E-state index in [9.17, 15) is 4.79 Å². The Morgan fingerprint density at radius 2 is 1.81 bits per heavy atom. The van der Waals surface area contributed by atoms with Gasteiger partial charge >= 0.3 is 0 Å². The summed E-state index contributed by atoms with van der Waals surface area (Å²) in [4.78, 5) is 13.3. The van der Waals surface area contributed by atoms with E-state index >= 15 is 0 Å². The van der Waals surface area contributed by atoms with Gasteiger partial charge in [0.05, 0.1) is 17.2 Å². The third kappa shape index (κ3) is 6.97. The SMILES string of the molecule is C#CCOC(C(=O)Nc1ccccc1-c1ccc(OCC#CCC)c(OC)c1)c1ccc(Cl)c(Cl)c1. The van der Waals surface area contributed by atoms with E-state index < -0.39 is 12.0 Å². The lowest BCUT2D eigenvalue weighted by Gasteiger charge is -2.19. The second-order valence-electron chi connectivity index (χ2n) is 7.46. The zero-order valence-electron chi connectivity index (χ0n) is 19.9. The van der Waals surface area contributed by atoms with Gasteiger partial charge in [0, 0.05) is 17.7 Å². The van der Waals surface area contributed by atoms with Crippen molar-refractivity contribution in [3.05, 3.63) is 76.3 Å². The molecule has 0 aromatic heterocycles. The van der Waals surface area contributed by atoms with Crippen LogP contribution >= 0.6 is 23.2 Å². The molecule has 3 aromatic carbocycles. The molecule has 7 heteroatoms. The second kappa shape index (κ2) is 13.5. The van der Waals surface area contributed by atoms with Gasteiger partial charge in [0.1, 0.15) is 13.2 Å². The number of methoxy groups -OCH3 is 1. The third-order valence-corrected chi connectivity index (χ3v) is 5.82. The molecule has 0 aliphatic rings. The predicted molar refractivity (Wildman–Crippen MR) is 145 cm³/mol. The summed E-state index contributed by atoms with van der Waals surface area (Å²) < 4.78 is 16.9. The summed E-state index contributed by atoms with van der Waals surface area (Å²) >= 11 is 12.2. The van der Waals surface area contributed by atoms with Crippen LogP contribution in [0.4, 0.5) is 5.69 Å². The number of hydrogen-bond acceptors (Lipinski definition) is 4. The maximum absolute atomic E-state index is 13.3. The highest BCUT2D eigenvalue weighted by atomic mass is 35.5. The lowest BCUT2D eigenvalue weighted by atomic mass is 10.0. The molecule has 0 fully saturated rings. The van der Waals surface area contributed by atoms with Crippen LogP contribution in [-0.2, 0) is 9.53 Å². The normalized spacial score (nSPS) is 11.0. The summed E-state index contributed by atoms with van der Waals surface area (Å²) in [5, 5.41) is 3.64. The van der Waals surface area contributed by atoms with E-state index in [0.717, 1.165) is 17.5 Å². The van der Waals surface area contributed by atoms with E-state index in [1.54, 1.807) is 31.4 Å². The van der Waals surface area contributed by atoms with E-state index in [1.165, 1.54) is 0 Å². The number of terminal acetylenes is 1. The van der Waals surface area contributed by atoms with E-state index in [0.29, 0.717) is 32.8 Å². The first kappa shape index (κ1) is 27.0. The molecule has 1 amide bonds. The number of para-hydroxylation sites is 1. The third-order valence-electron chi connectivity index (χ3n) is 5.08. The molecule has 1 unspecified atom stereocenters. The Morgan fingerprint density at radius 3 is 2.53 bits per heavy atom. The summed E-state index contributed by atoms with van der Waals surface area (Å²) in [6.45, 7) is 2.19. The molecular formula is C29H25Cl2NO4. The Balaban J connectivity index is 1.89. The lowest BCUT2D eigenvalue weighted by molar-refractivity contribution is -0.126. The molecule has 0 spiro atoms. The van der Waals surface area contributed by atoms with Crippen molar-refractivity contribution in [1.82, 2.24) is 0 Å². The molecule has 0 bridgehead atoms. The zero-order chi connectivity index (χ0) is 25.9. The van der Waals surface area contributed by atoms with Crippen LogP contribution in [0.25, 0.3) is 11.1 Å². The van der Waals surface area contributed by atoms with Crippen molar-refractivity contribution in [3.8, 4) is 46.8 Å². The van der Waals surface area contributed by atoms with Crippen LogP contribution in [0.5, 0.6) is 11.5 Å². The largest absolute Gasteiger partial charge is 0.493 e. The minimum Gasteiger partial charge on any atom is -0.493 e. The van der Waals surface area contributed by atoms with E-state index in [2.05, 4.69) is 23.1 Å². The number of carbonyl (C=O) groups is 1. The Labute approximate surface area is 221 Å². The van der Waals surface area contributed by atoms with Gasteiger partial charge in [-0.3, -0.25) is 4.79 Å². The summed E-state index contributed by atoms with van der Waals surface area (Å²) in [6, 6.07) is 17.8. The Hall–Kier alpha value is -3.61. The minimum atomic E-state index is -0.988. The fourth-order valence-electron chi connectivity index (χ4n) is 3.42. The molecule has 3 aromatic rings. The molecule has 1 atom stereocenters. The summed E-state index contributed by atoms with van der Waals surface area (Å²) in [5.74, 6) is 9.03. The summed E-state index contributed by atoms with van der Waals surface area (Å²) in [5.41, 5.74) is 2.72. The Kier molecular flexibility index (Phi) is 10.1. The quantitative estimate of drug-likeness (QED) is 0.315. The maximum atomic E-state index is 13.3. The standard InChI is InChI=1S/C29H25Cl2NO4/c1-4-6-9-17-35-26-15-13-20(19-27(26)34-3)22-10-7-8-11-25(22)32-29(33)28(36-16-5-2)21-12-14-23(30)24(31)18-21/h2,7-8,10-15,18-19,28H,4,16-17H2,1,3H3,(H,32,33). The first-order chi connectivity index (χ1) is 17.5. The number of hydrogen-bond donors (Lipinski definition) is 1. The number of rotatable bonds is 9. The molecule has 0 saturated carbocycles. The first-order valence-corrected chi connectivity index (χ1v) is 11.9. The van der Waals surface area contributed by atoms with Gasteiger partial charge in [0.15, 0.2) is 17.6 Å². The summed E-state index contributed by atoms with van der Waals surface area (Å²) in [6.07, 6.45) is 5.14. The number of anilines is 1. The van der Waals surface area contributed by atoms with E-state index in [1.807, 2.05) is 43.3 Å². The number of nitrogens with one attached hydrogen (secondary N) is 1. The second-order valence-corrected chi connectivity index (χ2v) is 8.28. The number of amides is 1. The van der Waals surface area contributed by atoms with Crippen molar-refractivity contribution in [2.45, 2.75) is 19.4 Å². The fraction of sp³-hybridized carbons (Fsp3) is 0.207. The predicted octanol–water partition coefficient (Wildman–Crippen LogP) is 6.79. The smallest absolute Gasteiger partial charge is 0.258 e. The monoisotopic (exact) mass is 521 g/mol. The van der Waals surface area contributed by atoms with Crippen LogP contribution in [0.2, 0.25) is 10.0 Å². The van der Waals surface area contributed by atoms with Gasteiger partial charge in [-0.2, -0.15) is 0 Å². The van der Waals surface area contributed by atoms with Crippen molar-refractivity contribution in [1.29, 1.82) is 0 Å². The molecule has 36 heavy (non-hydrogen) atoms. The fourth-order valence-corrected chi connectivity index (χ4v) is 3.72. The molecule has 0 radical (unpaired) electrons. The molecule has 0 heterocycles. The summed E-state index contributed by atoms with van der Waals surface area (Å²) in [7, 11) is 1.57. The molecule has 0 aliphatic heterocycles. The lowest BCUT2D eigenvalue weighted by Crippen LogP contribution is -2.24. The average molecular weight is 522 g/mol. The Bertz CT molecular complexity index is 1320. The molecule has 5 nitrogen and oxygen atoms in total. The van der Waals surface area contributed by atoms with Crippen LogP contribution in [0.15, 0.2) is 60.7 Å². The van der Waals surface area contributed by atoms with Gasteiger partial charge in [-0.15, -0.1) is 12.3 Å². The highest BCUT2D eigenvalue weighted by molar-refractivity contribution is 6.42. The van der Waals surface area contributed by atoms with Gasteiger partial charge in [0.25, 0.3) is 5.91 Å². The van der Waals surface area contributed by atoms with Gasteiger partial charge in [-0.25, -0.2) is 0 Å². The molecular weight excluding hydrogens is 497 g/mol. The van der Waals surface area contributed by atoms with Crippen molar-refractivity contribution in [3.63, 3.8) is 0 Å². The molecule has 1 N–H and O–H groups in total. The number of halogens is 2. The number of ether oxygens (including phenoxy) is 3. The van der Waals surface area contributed by atoms with Crippen molar-refractivity contribution in [2.24, 2.45) is 0 Å². The van der Waals surface area contributed by atoms with Crippen LogP contribution in [0.1, 0.15) is 25.0 Å². The van der Waals surface area contributed by atoms with Crippen LogP contribution in [0, 0.1) is 24.2 Å². The highest BCUT2D eigenvalue weighted by Crippen LogP contribution is 2.36. The van der Waals surface area contributed by atoms with E-state index in [-0.39, 0.29) is 13.2 Å². The van der Waals surface area contributed by atoms with Gasteiger partial charge in [-0.1, -0.05) is 72.3 Å². The average Bonchev–Trinajstić information content (AvgIpc) is 2.89. The van der Waals surface area contributed by atoms with Crippen molar-refractivity contribution in [2.75, 3.05) is 25.6 Å². The van der Waals surface area contributed by atoms with Crippen molar-refractivity contribution >= 4 is 34.8 Å². The molecule has 3 rings (SSSR count). The van der Waals surface area contributed by atoms with Crippen LogP contribution in [-0.4, -0.2) is 26.2 Å². The zero-order valence-corrected chi connectivity index (χ0v) is 21.5. The number of carbonyl (C=O) groups excluding carboxylic acids is 1. The Morgan fingerprint density at radius 1 is 1.00 bits per heavy atom. The maximum Gasteiger partial charge on any atom is 0.258 e. The molecule has 0 aliphatic carbocycles. The first-order valence-electron chi connectivity index (χ1n) is 11.1. The topological polar surface area (TPSA) is 56.8 Å². The van der Waals surface area contributed by atoms with Crippen LogP contribution < -0.4 is 14.8 Å².